The van der Waals surface area contributed by atoms with Gasteiger partial charge in [0.2, 0.25) is 0 Å². The highest BCUT2D eigenvalue weighted by Crippen LogP contribution is 2.25. The topological polar surface area (TPSA) is 114 Å². The summed E-state index contributed by atoms with van der Waals surface area (Å²) < 4.78 is 29.3. The first-order valence-electron chi connectivity index (χ1n) is 8.18. The lowest BCUT2D eigenvalue weighted by molar-refractivity contribution is 0.595. The summed E-state index contributed by atoms with van der Waals surface area (Å²) >= 11 is 6.05. The molecule has 1 heterocycles. The third-order valence-corrected chi connectivity index (χ3v) is 5.34. The SMILES string of the molecule is N#CCCn1nnnc1C=Cc1ccc(Cl)cc1NS(=O)(=O)c1ccccc1. The molecule has 1 aromatic heterocycles. The molecule has 0 bridgehead atoms. The van der Waals surface area contributed by atoms with Gasteiger partial charge in [-0.1, -0.05) is 35.9 Å². The summed E-state index contributed by atoms with van der Waals surface area (Å²) in [5, 5.41) is 20.4. The van der Waals surface area contributed by atoms with Crippen LogP contribution in [0.25, 0.3) is 12.2 Å². The van der Waals surface area contributed by atoms with Crippen LogP contribution >= 0.6 is 11.6 Å². The molecule has 0 saturated heterocycles. The number of hydrogen-bond donors (Lipinski definition) is 1. The van der Waals surface area contributed by atoms with Gasteiger partial charge in [-0.05, 0) is 52.4 Å². The number of aryl methyl sites for hydroxylation is 1. The molecule has 142 valence electrons. The van der Waals surface area contributed by atoms with Gasteiger partial charge in [-0.15, -0.1) is 5.10 Å². The lowest BCUT2D eigenvalue weighted by Crippen LogP contribution is -2.13. The lowest BCUT2D eigenvalue weighted by atomic mass is 10.1. The van der Waals surface area contributed by atoms with Crippen molar-refractivity contribution in [3.63, 3.8) is 0 Å². The number of halogens is 1. The molecule has 0 aliphatic carbocycles. The molecule has 10 heteroatoms. The molecule has 0 fully saturated rings. The molecule has 8 nitrogen and oxygen atoms in total. The Morgan fingerprint density at radius 2 is 1.96 bits per heavy atom. The Balaban J connectivity index is 1.90. The predicted molar refractivity (Wildman–Crippen MR) is 106 cm³/mol. The molecular weight excluding hydrogens is 400 g/mol. The van der Waals surface area contributed by atoms with Gasteiger partial charge in [0, 0.05) is 5.02 Å². The Labute approximate surface area is 167 Å². The van der Waals surface area contributed by atoms with Crippen molar-refractivity contribution in [3.8, 4) is 6.07 Å². The molecule has 3 rings (SSSR count). The molecule has 1 N–H and O–H groups in total. The normalized spacial score (nSPS) is 11.4. The number of anilines is 1. The van der Waals surface area contributed by atoms with E-state index in [0.717, 1.165) is 0 Å². The van der Waals surface area contributed by atoms with E-state index in [1.54, 1.807) is 42.5 Å². The summed E-state index contributed by atoms with van der Waals surface area (Å²) in [5.41, 5.74) is 0.905. The van der Waals surface area contributed by atoms with Gasteiger partial charge in [0.25, 0.3) is 10.0 Å². The number of hydrogen-bond acceptors (Lipinski definition) is 6. The van der Waals surface area contributed by atoms with Gasteiger partial charge >= 0.3 is 0 Å². The van der Waals surface area contributed by atoms with Gasteiger partial charge in [0.15, 0.2) is 5.82 Å². The van der Waals surface area contributed by atoms with Crippen molar-refractivity contribution >= 4 is 39.5 Å². The van der Waals surface area contributed by atoms with Crippen molar-refractivity contribution in [3.05, 3.63) is 64.9 Å². The van der Waals surface area contributed by atoms with E-state index in [2.05, 4.69) is 20.2 Å². The summed E-state index contributed by atoms with van der Waals surface area (Å²) in [6.45, 7) is 0.358. The number of benzene rings is 2. The van der Waals surface area contributed by atoms with E-state index in [9.17, 15) is 8.42 Å². The van der Waals surface area contributed by atoms with Crippen LogP contribution in [-0.2, 0) is 16.6 Å². The average Bonchev–Trinajstić information content (AvgIpc) is 3.13. The van der Waals surface area contributed by atoms with Crippen LogP contribution in [0.3, 0.4) is 0 Å². The fourth-order valence-electron chi connectivity index (χ4n) is 2.38. The lowest BCUT2D eigenvalue weighted by Gasteiger charge is -2.11. The van der Waals surface area contributed by atoms with Gasteiger partial charge in [-0.2, -0.15) is 5.26 Å². The quantitative estimate of drug-likeness (QED) is 0.634. The van der Waals surface area contributed by atoms with Crippen LogP contribution in [0.2, 0.25) is 5.02 Å². The van der Waals surface area contributed by atoms with Crippen LogP contribution < -0.4 is 4.72 Å². The van der Waals surface area contributed by atoms with Crippen molar-refractivity contribution in [1.82, 2.24) is 20.2 Å². The van der Waals surface area contributed by atoms with Crippen LogP contribution in [0.4, 0.5) is 5.69 Å². The van der Waals surface area contributed by atoms with Crippen LogP contribution in [0.1, 0.15) is 17.8 Å². The largest absolute Gasteiger partial charge is 0.279 e. The summed E-state index contributed by atoms with van der Waals surface area (Å²) in [5.74, 6) is 0.446. The monoisotopic (exact) mass is 414 g/mol. The van der Waals surface area contributed by atoms with Gasteiger partial charge in [0.1, 0.15) is 0 Å². The van der Waals surface area contributed by atoms with Crippen LogP contribution in [0.5, 0.6) is 0 Å². The predicted octanol–water partition coefficient (Wildman–Crippen LogP) is 3.21. The average molecular weight is 415 g/mol. The van der Waals surface area contributed by atoms with Crippen molar-refractivity contribution < 1.29 is 8.42 Å². The minimum atomic E-state index is -3.77. The third kappa shape index (κ3) is 4.73. The zero-order valence-corrected chi connectivity index (χ0v) is 16.1. The smallest absolute Gasteiger partial charge is 0.261 e. The van der Waals surface area contributed by atoms with Crippen LogP contribution in [-0.4, -0.2) is 28.6 Å². The molecular formula is C18H15ClN6O2S. The number of rotatable bonds is 7. The maximum absolute atomic E-state index is 12.6. The molecule has 0 amide bonds. The number of nitrogens with one attached hydrogen (secondary N) is 1. The zero-order chi connectivity index (χ0) is 20.0. The van der Waals surface area contributed by atoms with E-state index in [0.29, 0.717) is 28.6 Å². The van der Waals surface area contributed by atoms with Crippen molar-refractivity contribution in [2.75, 3.05) is 4.72 Å². The third-order valence-electron chi connectivity index (χ3n) is 3.72. The van der Waals surface area contributed by atoms with Crippen molar-refractivity contribution in [2.24, 2.45) is 0 Å². The molecule has 3 aromatic rings. The maximum Gasteiger partial charge on any atom is 0.261 e. The van der Waals surface area contributed by atoms with E-state index in [1.165, 1.54) is 22.9 Å². The second-order valence-electron chi connectivity index (χ2n) is 5.65. The minimum Gasteiger partial charge on any atom is -0.279 e. The maximum atomic E-state index is 12.6. The first-order chi connectivity index (χ1) is 13.5. The molecule has 0 aliphatic rings. The minimum absolute atomic E-state index is 0.144. The van der Waals surface area contributed by atoms with Gasteiger partial charge in [-0.25, -0.2) is 13.1 Å². The Kier molecular flexibility index (Phi) is 6.03. The second-order valence-corrected chi connectivity index (χ2v) is 7.77. The van der Waals surface area contributed by atoms with Gasteiger partial charge < -0.3 is 0 Å². The number of sulfonamides is 1. The van der Waals surface area contributed by atoms with E-state index >= 15 is 0 Å². The molecule has 0 aliphatic heterocycles. The van der Waals surface area contributed by atoms with Crippen molar-refractivity contribution in [1.29, 1.82) is 5.26 Å². The van der Waals surface area contributed by atoms with Gasteiger partial charge in [0.05, 0.1) is 29.6 Å². The molecule has 0 unspecified atom stereocenters. The number of nitrogens with zero attached hydrogens (tertiary/aromatic N) is 5. The van der Waals surface area contributed by atoms with E-state index in [-0.39, 0.29) is 11.3 Å². The number of aromatic nitrogens is 4. The number of nitriles is 1. The zero-order valence-electron chi connectivity index (χ0n) is 14.5. The van der Waals surface area contributed by atoms with Crippen LogP contribution in [0, 0.1) is 11.3 Å². The number of tetrazole rings is 1. The fourth-order valence-corrected chi connectivity index (χ4v) is 3.65. The molecule has 0 saturated carbocycles. The molecule has 0 atom stereocenters. The Bertz CT molecular complexity index is 1140. The Morgan fingerprint density at radius 1 is 1.18 bits per heavy atom. The highest BCUT2D eigenvalue weighted by atomic mass is 35.5. The first kappa shape index (κ1) is 19.5. The molecule has 0 spiro atoms. The van der Waals surface area contributed by atoms with Gasteiger partial charge in [-0.3, -0.25) is 4.72 Å². The summed E-state index contributed by atoms with van der Waals surface area (Å²) in [7, 11) is -3.77. The first-order valence-corrected chi connectivity index (χ1v) is 10.0. The summed E-state index contributed by atoms with van der Waals surface area (Å²) in [6, 6.07) is 14.9. The van der Waals surface area contributed by atoms with Crippen LogP contribution in [0.15, 0.2) is 53.4 Å². The molecule has 2 aromatic carbocycles. The second kappa shape index (κ2) is 8.65. The molecule has 0 radical (unpaired) electrons. The summed E-state index contributed by atoms with van der Waals surface area (Å²) in [4.78, 5) is 0.144. The Morgan fingerprint density at radius 3 is 2.71 bits per heavy atom. The van der Waals surface area contributed by atoms with E-state index in [1.807, 2.05) is 6.07 Å². The van der Waals surface area contributed by atoms with Crippen molar-refractivity contribution in [2.45, 2.75) is 17.9 Å². The van der Waals surface area contributed by atoms with E-state index in [4.69, 9.17) is 16.9 Å². The fraction of sp³-hybridized carbons (Fsp3) is 0.111. The Hall–Kier alpha value is -3.22. The highest BCUT2D eigenvalue weighted by Gasteiger charge is 2.15. The van der Waals surface area contributed by atoms with E-state index < -0.39 is 10.0 Å². The summed E-state index contributed by atoms with van der Waals surface area (Å²) in [6.07, 6.45) is 3.59. The molecule has 28 heavy (non-hydrogen) atoms. The standard InChI is InChI=1S/C18H15ClN6O2S/c19-15-9-7-14(8-10-18-21-23-24-25(18)12-4-11-20)17(13-15)22-28(26,27)16-5-2-1-3-6-16/h1-3,5-10,13,22H,4,12H2. The highest BCUT2D eigenvalue weighted by molar-refractivity contribution is 7.92.